The SMILES string of the molecule is CN(C)c1cccc2c1CN(C(CCC(=O)O)C(=O)O)C2=O. The number of carbonyl (C=O) groups is 3. The molecule has 2 rings (SSSR count). The zero-order chi connectivity index (χ0) is 16.4. The van der Waals surface area contributed by atoms with Crippen LogP contribution in [0.4, 0.5) is 5.69 Å². The number of carboxylic acids is 2. The first-order chi connectivity index (χ1) is 10.3. The predicted octanol–water partition coefficient (Wildman–Crippen LogP) is 1.03. The number of amides is 1. The minimum absolute atomic E-state index is 0.109. The molecule has 1 aromatic carbocycles. The van der Waals surface area contributed by atoms with Gasteiger partial charge in [0.05, 0.1) is 0 Å². The number of nitrogens with zero attached hydrogens (tertiary/aromatic N) is 2. The smallest absolute Gasteiger partial charge is 0.326 e. The van der Waals surface area contributed by atoms with Crippen molar-refractivity contribution in [2.45, 2.75) is 25.4 Å². The molecule has 0 fully saturated rings. The number of benzene rings is 1. The average Bonchev–Trinajstić information content (AvgIpc) is 2.76. The number of rotatable bonds is 6. The molecule has 1 unspecified atom stereocenters. The second-order valence-electron chi connectivity index (χ2n) is 5.42. The van der Waals surface area contributed by atoms with Crippen molar-refractivity contribution in [3.63, 3.8) is 0 Å². The number of anilines is 1. The molecule has 7 nitrogen and oxygen atoms in total. The van der Waals surface area contributed by atoms with E-state index in [1.165, 1.54) is 4.90 Å². The Balaban J connectivity index is 2.31. The fraction of sp³-hybridized carbons (Fsp3) is 0.400. The summed E-state index contributed by atoms with van der Waals surface area (Å²) in [6, 6.07) is 4.15. The zero-order valence-electron chi connectivity index (χ0n) is 12.4. The van der Waals surface area contributed by atoms with Crippen molar-refractivity contribution in [3.8, 4) is 0 Å². The zero-order valence-corrected chi connectivity index (χ0v) is 12.4. The van der Waals surface area contributed by atoms with E-state index in [0.29, 0.717) is 5.56 Å². The quantitative estimate of drug-likeness (QED) is 0.814. The van der Waals surface area contributed by atoms with Gasteiger partial charge in [-0.25, -0.2) is 4.79 Å². The first kappa shape index (κ1) is 15.8. The van der Waals surface area contributed by atoms with E-state index in [-0.39, 0.29) is 25.3 Å². The Morgan fingerprint density at radius 3 is 2.55 bits per heavy atom. The minimum atomic E-state index is -1.19. The molecule has 1 aliphatic rings. The van der Waals surface area contributed by atoms with Gasteiger partial charge in [-0.1, -0.05) is 6.07 Å². The van der Waals surface area contributed by atoms with Gasteiger partial charge < -0.3 is 20.0 Å². The molecule has 1 amide bonds. The summed E-state index contributed by atoms with van der Waals surface area (Å²) in [6.45, 7) is 0.180. The molecule has 22 heavy (non-hydrogen) atoms. The maximum atomic E-state index is 12.5. The third-order valence-corrected chi connectivity index (χ3v) is 3.75. The fourth-order valence-electron chi connectivity index (χ4n) is 2.68. The van der Waals surface area contributed by atoms with Crippen molar-refractivity contribution in [1.82, 2.24) is 4.90 Å². The van der Waals surface area contributed by atoms with E-state index >= 15 is 0 Å². The van der Waals surface area contributed by atoms with Crippen molar-refractivity contribution in [1.29, 1.82) is 0 Å². The van der Waals surface area contributed by atoms with Crippen LogP contribution in [0.2, 0.25) is 0 Å². The highest BCUT2D eigenvalue weighted by atomic mass is 16.4. The Morgan fingerprint density at radius 1 is 1.32 bits per heavy atom. The Hall–Kier alpha value is -2.57. The van der Waals surface area contributed by atoms with Crippen molar-refractivity contribution < 1.29 is 24.6 Å². The molecule has 1 heterocycles. The maximum Gasteiger partial charge on any atom is 0.326 e. The largest absolute Gasteiger partial charge is 0.481 e. The van der Waals surface area contributed by atoms with Crippen molar-refractivity contribution in [2.75, 3.05) is 19.0 Å². The van der Waals surface area contributed by atoms with E-state index < -0.39 is 18.0 Å². The fourth-order valence-corrected chi connectivity index (χ4v) is 2.68. The highest BCUT2D eigenvalue weighted by Crippen LogP contribution is 2.32. The summed E-state index contributed by atoms with van der Waals surface area (Å²) < 4.78 is 0. The summed E-state index contributed by atoms with van der Waals surface area (Å²) in [6.07, 6.45) is -0.403. The lowest BCUT2D eigenvalue weighted by Crippen LogP contribution is -2.41. The molecule has 0 spiro atoms. The molecule has 1 aliphatic heterocycles. The van der Waals surface area contributed by atoms with Crippen LogP contribution in [0.15, 0.2) is 18.2 Å². The molecule has 7 heteroatoms. The van der Waals surface area contributed by atoms with Gasteiger partial charge in [0.2, 0.25) is 0 Å². The maximum absolute atomic E-state index is 12.5. The van der Waals surface area contributed by atoms with Gasteiger partial charge in [-0.05, 0) is 18.6 Å². The molecule has 1 aromatic rings. The molecule has 1 atom stereocenters. The van der Waals surface area contributed by atoms with Gasteiger partial charge in [-0.2, -0.15) is 0 Å². The number of carbonyl (C=O) groups excluding carboxylic acids is 1. The molecule has 0 saturated carbocycles. The van der Waals surface area contributed by atoms with Gasteiger partial charge in [0.15, 0.2) is 0 Å². The van der Waals surface area contributed by atoms with Crippen LogP contribution in [0.5, 0.6) is 0 Å². The Kier molecular flexibility index (Phi) is 4.35. The minimum Gasteiger partial charge on any atom is -0.481 e. The van der Waals surface area contributed by atoms with Crippen molar-refractivity contribution >= 4 is 23.5 Å². The monoisotopic (exact) mass is 306 g/mol. The molecule has 2 N–H and O–H groups in total. The van der Waals surface area contributed by atoms with Crippen LogP contribution < -0.4 is 4.90 Å². The summed E-state index contributed by atoms with van der Waals surface area (Å²) in [4.78, 5) is 37.7. The number of carboxylic acid groups (broad SMARTS) is 2. The third-order valence-electron chi connectivity index (χ3n) is 3.75. The van der Waals surface area contributed by atoms with Gasteiger partial charge in [0.1, 0.15) is 6.04 Å². The highest BCUT2D eigenvalue weighted by Gasteiger charge is 2.37. The first-order valence-corrected chi connectivity index (χ1v) is 6.87. The van der Waals surface area contributed by atoms with Gasteiger partial charge in [-0.3, -0.25) is 9.59 Å². The Bertz CT molecular complexity index is 626. The molecular weight excluding hydrogens is 288 g/mol. The highest BCUT2D eigenvalue weighted by molar-refractivity contribution is 6.02. The summed E-state index contributed by atoms with van der Waals surface area (Å²) >= 11 is 0. The van der Waals surface area contributed by atoms with Gasteiger partial charge >= 0.3 is 11.9 Å². The van der Waals surface area contributed by atoms with E-state index in [0.717, 1.165) is 11.3 Å². The van der Waals surface area contributed by atoms with Crippen LogP contribution in [0.25, 0.3) is 0 Å². The van der Waals surface area contributed by atoms with Gasteiger partial charge in [0.25, 0.3) is 5.91 Å². The predicted molar refractivity (Wildman–Crippen MR) is 78.9 cm³/mol. The second-order valence-corrected chi connectivity index (χ2v) is 5.42. The van der Waals surface area contributed by atoms with E-state index in [1.807, 2.05) is 25.1 Å². The standard InChI is InChI=1S/C15H18N2O5/c1-16(2)11-5-3-4-9-10(11)8-17(14(9)20)12(15(21)22)6-7-13(18)19/h3-5,12H,6-8H2,1-2H3,(H,18,19)(H,21,22). The molecule has 0 saturated heterocycles. The van der Waals surface area contributed by atoms with E-state index in [9.17, 15) is 19.5 Å². The summed E-state index contributed by atoms with van der Waals surface area (Å²) in [7, 11) is 3.70. The number of hydrogen-bond acceptors (Lipinski definition) is 4. The molecule has 0 bridgehead atoms. The molecule has 0 radical (unpaired) electrons. The lowest BCUT2D eigenvalue weighted by atomic mass is 10.1. The molecule has 0 aliphatic carbocycles. The molecule has 0 aromatic heterocycles. The van der Waals surface area contributed by atoms with Crippen molar-refractivity contribution in [3.05, 3.63) is 29.3 Å². The lowest BCUT2D eigenvalue weighted by Gasteiger charge is -2.24. The molecular formula is C15H18N2O5. The van der Waals surface area contributed by atoms with Crippen LogP contribution in [-0.2, 0) is 16.1 Å². The third kappa shape index (κ3) is 2.88. The number of hydrogen-bond donors (Lipinski definition) is 2. The number of aliphatic carboxylic acids is 2. The summed E-state index contributed by atoms with van der Waals surface area (Å²) in [5, 5.41) is 18.1. The number of fused-ring (bicyclic) bond motifs is 1. The van der Waals surface area contributed by atoms with E-state index in [4.69, 9.17) is 5.11 Å². The van der Waals surface area contributed by atoms with Crippen LogP contribution in [-0.4, -0.2) is 53.1 Å². The normalized spacial score (nSPS) is 14.6. The first-order valence-electron chi connectivity index (χ1n) is 6.87. The average molecular weight is 306 g/mol. The Labute approximate surface area is 127 Å². The second kappa shape index (κ2) is 6.05. The van der Waals surface area contributed by atoms with Crippen LogP contribution >= 0.6 is 0 Å². The van der Waals surface area contributed by atoms with Crippen molar-refractivity contribution in [2.24, 2.45) is 0 Å². The molecule has 118 valence electrons. The topological polar surface area (TPSA) is 98.2 Å². The summed E-state index contributed by atoms with van der Waals surface area (Å²) in [5.41, 5.74) is 2.11. The van der Waals surface area contributed by atoms with E-state index in [2.05, 4.69) is 0 Å². The van der Waals surface area contributed by atoms with Gasteiger partial charge in [-0.15, -0.1) is 0 Å². The van der Waals surface area contributed by atoms with Crippen LogP contribution in [0, 0.1) is 0 Å². The Morgan fingerprint density at radius 2 is 2.00 bits per heavy atom. The summed E-state index contributed by atoms with van der Waals surface area (Å²) in [5.74, 6) is -2.63. The lowest BCUT2D eigenvalue weighted by molar-refractivity contribution is -0.143. The van der Waals surface area contributed by atoms with Crippen LogP contribution in [0.1, 0.15) is 28.8 Å². The van der Waals surface area contributed by atoms with Gasteiger partial charge in [0, 0.05) is 43.9 Å². The van der Waals surface area contributed by atoms with Crippen LogP contribution in [0.3, 0.4) is 0 Å². The van der Waals surface area contributed by atoms with E-state index in [1.54, 1.807) is 12.1 Å².